The number of nitrogens with two attached hydrogens (primary N) is 1. The van der Waals surface area contributed by atoms with E-state index >= 15 is 0 Å². The van der Waals surface area contributed by atoms with E-state index in [1.807, 2.05) is 18.2 Å². The van der Waals surface area contributed by atoms with Crippen LogP contribution in [0.1, 0.15) is 18.9 Å². The third-order valence-corrected chi connectivity index (χ3v) is 2.94. The van der Waals surface area contributed by atoms with Gasteiger partial charge in [0.2, 0.25) is 5.95 Å². The molecule has 0 atom stereocenters. The van der Waals surface area contributed by atoms with Gasteiger partial charge in [-0.15, -0.1) is 0 Å². The molecule has 1 aromatic carbocycles. The molecular weight excluding hydrogens is 204 g/mol. The molecule has 5 nitrogen and oxygen atoms in total. The molecule has 1 aliphatic carbocycles. The fourth-order valence-corrected chi connectivity index (χ4v) is 2.06. The average molecular weight is 218 g/mol. The third-order valence-electron chi connectivity index (χ3n) is 2.94. The zero-order valence-electron chi connectivity index (χ0n) is 9.10. The van der Waals surface area contributed by atoms with Crippen molar-refractivity contribution in [1.82, 2.24) is 9.55 Å². The molecule has 5 heteroatoms. The molecule has 1 saturated carbocycles. The fourth-order valence-electron chi connectivity index (χ4n) is 2.06. The zero-order chi connectivity index (χ0) is 11.1. The lowest BCUT2D eigenvalue weighted by Crippen LogP contribution is -2.12. The molecule has 3 N–H and O–H groups in total. The normalized spacial score (nSPS) is 15.4. The second-order valence-electron chi connectivity index (χ2n) is 4.01. The van der Waals surface area contributed by atoms with Gasteiger partial charge in [0.1, 0.15) is 11.3 Å². The maximum Gasteiger partial charge on any atom is 0.218 e. The molecule has 2 aromatic rings. The summed E-state index contributed by atoms with van der Waals surface area (Å²) >= 11 is 0. The van der Waals surface area contributed by atoms with Crippen LogP contribution in [-0.4, -0.2) is 16.7 Å². The molecule has 0 aliphatic heterocycles. The van der Waals surface area contributed by atoms with Crippen molar-refractivity contribution in [2.75, 3.05) is 12.5 Å². The van der Waals surface area contributed by atoms with Crippen molar-refractivity contribution in [3.8, 4) is 5.75 Å². The Morgan fingerprint density at radius 2 is 2.31 bits per heavy atom. The topological polar surface area (TPSA) is 65.1 Å². The summed E-state index contributed by atoms with van der Waals surface area (Å²) in [5.41, 5.74) is 4.60. The van der Waals surface area contributed by atoms with Crippen LogP contribution < -0.4 is 16.0 Å². The van der Waals surface area contributed by atoms with Crippen LogP contribution >= 0.6 is 0 Å². The van der Waals surface area contributed by atoms with Crippen LogP contribution in [0, 0.1) is 0 Å². The lowest BCUT2D eigenvalue weighted by atomic mass is 10.3. The summed E-state index contributed by atoms with van der Waals surface area (Å²) < 4.78 is 7.45. The number of hydrogen-bond donors (Lipinski definition) is 2. The number of fused-ring (bicyclic) bond motifs is 1. The zero-order valence-corrected chi connectivity index (χ0v) is 9.10. The molecule has 0 spiro atoms. The molecule has 1 aromatic heterocycles. The van der Waals surface area contributed by atoms with Crippen LogP contribution in [-0.2, 0) is 0 Å². The van der Waals surface area contributed by atoms with Crippen molar-refractivity contribution in [3.63, 3.8) is 0 Å². The number of nitrogens with zero attached hydrogens (tertiary/aromatic N) is 2. The molecule has 3 rings (SSSR count). The van der Waals surface area contributed by atoms with E-state index in [0.29, 0.717) is 12.0 Å². The Kier molecular flexibility index (Phi) is 2.00. The second kappa shape index (κ2) is 3.38. The predicted octanol–water partition coefficient (Wildman–Crippen LogP) is 1.67. The summed E-state index contributed by atoms with van der Waals surface area (Å²) in [7, 11) is 1.65. The number of nitrogens with one attached hydrogen (secondary N) is 1. The number of hydrazine groups is 1. The van der Waals surface area contributed by atoms with Crippen molar-refractivity contribution >= 4 is 17.0 Å². The molecule has 1 heterocycles. The highest BCUT2D eigenvalue weighted by atomic mass is 16.5. The van der Waals surface area contributed by atoms with Gasteiger partial charge in [-0.3, -0.25) is 5.43 Å². The van der Waals surface area contributed by atoms with Crippen molar-refractivity contribution in [1.29, 1.82) is 0 Å². The Morgan fingerprint density at radius 1 is 1.50 bits per heavy atom. The van der Waals surface area contributed by atoms with Crippen molar-refractivity contribution in [2.45, 2.75) is 18.9 Å². The van der Waals surface area contributed by atoms with Crippen LogP contribution in [0.3, 0.4) is 0 Å². The van der Waals surface area contributed by atoms with E-state index in [9.17, 15) is 0 Å². The number of nitrogen functional groups attached to an aromatic ring is 1. The maximum atomic E-state index is 5.50. The molecule has 0 amide bonds. The Morgan fingerprint density at radius 3 is 2.94 bits per heavy atom. The Labute approximate surface area is 93.2 Å². The Hall–Kier alpha value is -1.75. The van der Waals surface area contributed by atoms with Gasteiger partial charge >= 0.3 is 0 Å². The van der Waals surface area contributed by atoms with Gasteiger partial charge in [-0.25, -0.2) is 10.8 Å². The highest BCUT2D eigenvalue weighted by molar-refractivity contribution is 5.85. The van der Waals surface area contributed by atoms with Gasteiger partial charge in [0.15, 0.2) is 0 Å². The number of imidazole rings is 1. The summed E-state index contributed by atoms with van der Waals surface area (Å²) in [6, 6.07) is 6.46. The van der Waals surface area contributed by atoms with Gasteiger partial charge in [-0.1, -0.05) is 6.07 Å². The summed E-state index contributed by atoms with van der Waals surface area (Å²) in [6.07, 6.45) is 2.38. The van der Waals surface area contributed by atoms with Crippen molar-refractivity contribution in [2.24, 2.45) is 5.84 Å². The number of aromatic nitrogens is 2. The van der Waals surface area contributed by atoms with Crippen LogP contribution in [0.2, 0.25) is 0 Å². The molecule has 1 aliphatic rings. The SMILES string of the molecule is COc1cccc2c1nc(NN)n2C1CC1. The minimum Gasteiger partial charge on any atom is -0.494 e. The fraction of sp³-hybridized carbons (Fsp3) is 0.364. The van der Waals surface area contributed by atoms with Crippen molar-refractivity contribution in [3.05, 3.63) is 18.2 Å². The largest absolute Gasteiger partial charge is 0.494 e. The summed E-state index contributed by atoms with van der Waals surface area (Å²) in [6.45, 7) is 0. The molecule has 84 valence electrons. The molecule has 0 unspecified atom stereocenters. The van der Waals surface area contributed by atoms with Crippen molar-refractivity contribution < 1.29 is 4.74 Å². The first-order valence-electron chi connectivity index (χ1n) is 5.36. The van der Waals surface area contributed by atoms with Crippen LogP contribution in [0.15, 0.2) is 18.2 Å². The first kappa shape index (κ1) is 9.47. The smallest absolute Gasteiger partial charge is 0.218 e. The van der Waals surface area contributed by atoms with E-state index in [1.165, 1.54) is 12.8 Å². The number of rotatable bonds is 3. The highest BCUT2D eigenvalue weighted by Crippen LogP contribution is 2.41. The first-order chi connectivity index (χ1) is 7.85. The maximum absolute atomic E-state index is 5.50. The predicted molar refractivity (Wildman–Crippen MR) is 62.4 cm³/mol. The minimum absolute atomic E-state index is 0.531. The number of benzene rings is 1. The number of hydrogen-bond acceptors (Lipinski definition) is 4. The summed E-state index contributed by atoms with van der Waals surface area (Å²) in [5.74, 6) is 6.99. The molecule has 1 fully saturated rings. The van der Waals surface area contributed by atoms with E-state index in [-0.39, 0.29) is 0 Å². The van der Waals surface area contributed by atoms with Gasteiger partial charge in [0.25, 0.3) is 0 Å². The molecule has 0 radical (unpaired) electrons. The average Bonchev–Trinajstić information content (AvgIpc) is 3.08. The van der Waals surface area contributed by atoms with Crippen LogP contribution in [0.5, 0.6) is 5.75 Å². The van der Waals surface area contributed by atoms with E-state index in [4.69, 9.17) is 10.6 Å². The minimum atomic E-state index is 0.531. The highest BCUT2D eigenvalue weighted by Gasteiger charge is 2.28. The van der Waals surface area contributed by atoms with E-state index in [1.54, 1.807) is 7.11 Å². The molecular formula is C11H14N4O. The van der Waals surface area contributed by atoms with E-state index in [0.717, 1.165) is 16.8 Å². The number of methoxy groups -OCH3 is 1. The molecule has 0 saturated heterocycles. The van der Waals surface area contributed by atoms with Gasteiger partial charge in [0.05, 0.1) is 12.6 Å². The standard InChI is InChI=1S/C11H14N4O/c1-16-9-4-2-3-8-10(9)13-11(14-12)15(8)7-5-6-7/h2-4,7H,5-6,12H2,1H3,(H,13,14). The van der Waals surface area contributed by atoms with Gasteiger partial charge in [-0.2, -0.15) is 0 Å². The molecule has 0 bridgehead atoms. The number of para-hydroxylation sites is 1. The van der Waals surface area contributed by atoms with Gasteiger partial charge in [-0.05, 0) is 25.0 Å². The third kappa shape index (κ3) is 1.25. The van der Waals surface area contributed by atoms with E-state index in [2.05, 4.69) is 15.0 Å². The van der Waals surface area contributed by atoms with Gasteiger partial charge in [0, 0.05) is 6.04 Å². The van der Waals surface area contributed by atoms with E-state index < -0.39 is 0 Å². The van der Waals surface area contributed by atoms with Crippen LogP contribution in [0.4, 0.5) is 5.95 Å². The summed E-state index contributed by atoms with van der Waals surface area (Å²) in [4.78, 5) is 4.47. The quantitative estimate of drug-likeness (QED) is 0.607. The van der Waals surface area contributed by atoms with Crippen LogP contribution in [0.25, 0.3) is 11.0 Å². The Balaban J connectivity index is 2.29. The second-order valence-corrected chi connectivity index (χ2v) is 4.01. The number of ether oxygens (including phenoxy) is 1. The van der Waals surface area contributed by atoms with Gasteiger partial charge < -0.3 is 9.30 Å². The lowest BCUT2D eigenvalue weighted by molar-refractivity contribution is 0.419. The first-order valence-corrected chi connectivity index (χ1v) is 5.36. The summed E-state index contributed by atoms with van der Waals surface area (Å²) in [5, 5.41) is 0. The molecule has 16 heavy (non-hydrogen) atoms. The lowest BCUT2D eigenvalue weighted by Gasteiger charge is -2.05. The monoisotopic (exact) mass is 218 g/mol. The number of anilines is 1. The Bertz CT molecular complexity index is 530.